The predicted molar refractivity (Wildman–Crippen MR) is 78.6 cm³/mol. The molecule has 0 spiro atoms. The SMILES string of the molecule is CCOC(=O)CN(C)CCCOc1ccccc1CN. The van der Waals surface area contributed by atoms with Crippen molar-refractivity contribution in [3.8, 4) is 5.75 Å². The van der Waals surface area contributed by atoms with E-state index in [0.717, 1.165) is 24.3 Å². The summed E-state index contributed by atoms with van der Waals surface area (Å²) in [6.07, 6.45) is 0.842. The number of para-hydroxylation sites is 1. The zero-order chi connectivity index (χ0) is 14.8. The van der Waals surface area contributed by atoms with Gasteiger partial charge in [-0.3, -0.25) is 9.69 Å². The Morgan fingerprint density at radius 1 is 1.35 bits per heavy atom. The van der Waals surface area contributed by atoms with Crippen molar-refractivity contribution >= 4 is 5.97 Å². The van der Waals surface area contributed by atoms with E-state index in [-0.39, 0.29) is 5.97 Å². The predicted octanol–water partition coefficient (Wildman–Crippen LogP) is 1.41. The molecule has 20 heavy (non-hydrogen) atoms. The number of esters is 1. The van der Waals surface area contributed by atoms with Gasteiger partial charge >= 0.3 is 5.97 Å². The number of benzene rings is 1. The Morgan fingerprint density at radius 2 is 2.10 bits per heavy atom. The molecule has 0 atom stereocenters. The smallest absolute Gasteiger partial charge is 0.320 e. The van der Waals surface area contributed by atoms with Gasteiger partial charge in [0.15, 0.2) is 0 Å². The summed E-state index contributed by atoms with van der Waals surface area (Å²) in [6, 6.07) is 7.76. The molecular formula is C15H24N2O3. The van der Waals surface area contributed by atoms with Crippen LogP contribution in [0.5, 0.6) is 5.75 Å². The van der Waals surface area contributed by atoms with Crippen molar-refractivity contribution in [1.29, 1.82) is 0 Å². The summed E-state index contributed by atoms with van der Waals surface area (Å²) in [5, 5.41) is 0. The highest BCUT2D eigenvalue weighted by Gasteiger charge is 2.07. The van der Waals surface area contributed by atoms with Gasteiger partial charge in [0.1, 0.15) is 5.75 Å². The molecule has 2 N–H and O–H groups in total. The first kappa shape index (κ1) is 16.5. The van der Waals surface area contributed by atoms with Gasteiger partial charge in [-0.15, -0.1) is 0 Å². The van der Waals surface area contributed by atoms with Gasteiger partial charge in [-0.2, -0.15) is 0 Å². The van der Waals surface area contributed by atoms with Crippen LogP contribution in [0, 0.1) is 0 Å². The molecule has 0 saturated carbocycles. The number of nitrogens with two attached hydrogens (primary N) is 1. The summed E-state index contributed by atoms with van der Waals surface area (Å²) in [5.41, 5.74) is 6.65. The van der Waals surface area contributed by atoms with Crippen LogP contribution < -0.4 is 10.5 Å². The van der Waals surface area contributed by atoms with Crippen LogP contribution in [0.4, 0.5) is 0 Å². The van der Waals surface area contributed by atoms with Crippen LogP contribution >= 0.6 is 0 Å². The highest BCUT2D eigenvalue weighted by atomic mass is 16.5. The van der Waals surface area contributed by atoms with E-state index in [1.165, 1.54) is 0 Å². The fourth-order valence-corrected chi connectivity index (χ4v) is 1.84. The van der Waals surface area contributed by atoms with Gasteiger partial charge < -0.3 is 15.2 Å². The fourth-order valence-electron chi connectivity index (χ4n) is 1.84. The average Bonchev–Trinajstić information content (AvgIpc) is 2.44. The molecule has 0 aliphatic rings. The largest absolute Gasteiger partial charge is 0.493 e. The van der Waals surface area contributed by atoms with Crippen molar-refractivity contribution in [3.63, 3.8) is 0 Å². The molecule has 0 unspecified atom stereocenters. The number of hydrogen-bond acceptors (Lipinski definition) is 5. The zero-order valence-corrected chi connectivity index (χ0v) is 12.3. The van der Waals surface area contributed by atoms with Gasteiger partial charge in [-0.1, -0.05) is 18.2 Å². The van der Waals surface area contributed by atoms with E-state index < -0.39 is 0 Å². The summed E-state index contributed by atoms with van der Waals surface area (Å²) >= 11 is 0. The third-order valence-electron chi connectivity index (χ3n) is 2.84. The molecule has 0 fully saturated rings. The van der Waals surface area contributed by atoms with E-state index in [9.17, 15) is 4.79 Å². The second-order valence-corrected chi connectivity index (χ2v) is 4.56. The number of ether oxygens (including phenoxy) is 2. The lowest BCUT2D eigenvalue weighted by atomic mass is 10.2. The zero-order valence-electron chi connectivity index (χ0n) is 12.3. The van der Waals surface area contributed by atoms with Crippen LogP contribution in [-0.4, -0.2) is 44.2 Å². The minimum absolute atomic E-state index is 0.190. The summed E-state index contributed by atoms with van der Waals surface area (Å²) < 4.78 is 10.6. The van der Waals surface area contributed by atoms with Crippen molar-refractivity contribution in [2.24, 2.45) is 5.73 Å². The lowest BCUT2D eigenvalue weighted by Gasteiger charge is -2.16. The molecule has 1 aromatic carbocycles. The second kappa shape index (κ2) is 9.34. The van der Waals surface area contributed by atoms with Crippen molar-refractivity contribution in [3.05, 3.63) is 29.8 Å². The lowest BCUT2D eigenvalue weighted by Crippen LogP contribution is -2.29. The topological polar surface area (TPSA) is 64.8 Å². The fraction of sp³-hybridized carbons (Fsp3) is 0.533. The van der Waals surface area contributed by atoms with Crippen molar-refractivity contribution < 1.29 is 14.3 Å². The maximum Gasteiger partial charge on any atom is 0.320 e. The van der Waals surface area contributed by atoms with E-state index in [0.29, 0.717) is 26.3 Å². The Bertz CT molecular complexity index is 410. The number of carbonyl (C=O) groups is 1. The Kier molecular flexibility index (Phi) is 7.69. The molecule has 0 aliphatic heterocycles. The molecule has 0 aromatic heterocycles. The first-order chi connectivity index (χ1) is 9.67. The van der Waals surface area contributed by atoms with Gasteiger partial charge in [-0.05, 0) is 26.5 Å². The van der Waals surface area contributed by atoms with Crippen LogP contribution in [0.15, 0.2) is 24.3 Å². The van der Waals surface area contributed by atoms with E-state index in [1.807, 2.05) is 36.2 Å². The summed E-state index contributed by atoms with van der Waals surface area (Å²) in [5.74, 6) is 0.646. The Balaban J connectivity index is 2.23. The minimum Gasteiger partial charge on any atom is -0.493 e. The van der Waals surface area contributed by atoms with Gasteiger partial charge in [0.2, 0.25) is 0 Å². The van der Waals surface area contributed by atoms with Crippen molar-refractivity contribution in [2.45, 2.75) is 19.9 Å². The Morgan fingerprint density at radius 3 is 2.80 bits per heavy atom. The van der Waals surface area contributed by atoms with Crippen molar-refractivity contribution in [1.82, 2.24) is 4.90 Å². The van der Waals surface area contributed by atoms with Crippen LogP contribution in [0.1, 0.15) is 18.9 Å². The van der Waals surface area contributed by atoms with E-state index in [1.54, 1.807) is 6.92 Å². The van der Waals surface area contributed by atoms with Gasteiger partial charge in [-0.25, -0.2) is 0 Å². The third-order valence-corrected chi connectivity index (χ3v) is 2.84. The molecule has 1 aromatic rings. The van der Waals surface area contributed by atoms with E-state index in [2.05, 4.69) is 0 Å². The van der Waals surface area contributed by atoms with Gasteiger partial charge in [0.25, 0.3) is 0 Å². The highest BCUT2D eigenvalue weighted by Crippen LogP contribution is 2.17. The van der Waals surface area contributed by atoms with Crippen LogP contribution in [0.3, 0.4) is 0 Å². The lowest BCUT2D eigenvalue weighted by molar-refractivity contribution is -0.144. The first-order valence-electron chi connectivity index (χ1n) is 6.92. The summed E-state index contributed by atoms with van der Waals surface area (Å²) in [6.45, 7) is 4.40. The van der Waals surface area contributed by atoms with Crippen LogP contribution in [-0.2, 0) is 16.1 Å². The highest BCUT2D eigenvalue weighted by molar-refractivity contribution is 5.71. The van der Waals surface area contributed by atoms with Crippen molar-refractivity contribution in [2.75, 3.05) is 33.4 Å². The maximum atomic E-state index is 11.3. The first-order valence-corrected chi connectivity index (χ1v) is 6.92. The summed E-state index contributed by atoms with van der Waals surface area (Å²) in [7, 11) is 1.89. The van der Waals surface area contributed by atoms with Gasteiger partial charge in [0, 0.05) is 18.7 Å². The molecule has 0 amide bonds. The molecular weight excluding hydrogens is 256 g/mol. The number of nitrogens with zero attached hydrogens (tertiary/aromatic N) is 1. The molecule has 0 aliphatic carbocycles. The van der Waals surface area contributed by atoms with Crippen LogP contribution in [0.2, 0.25) is 0 Å². The monoisotopic (exact) mass is 280 g/mol. The van der Waals surface area contributed by atoms with Gasteiger partial charge in [0.05, 0.1) is 19.8 Å². The molecule has 5 nitrogen and oxygen atoms in total. The average molecular weight is 280 g/mol. The summed E-state index contributed by atoms with van der Waals surface area (Å²) in [4.78, 5) is 13.2. The Labute approximate surface area is 120 Å². The maximum absolute atomic E-state index is 11.3. The minimum atomic E-state index is -0.190. The quantitative estimate of drug-likeness (QED) is 0.547. The van der Waals surface area contributed by atoms with E-state index in [4.69, 9.17) is 15.2 Å². The molecule has 0 radical (unpaired) electrons. The Hall–Kier alpha value is -1.59. The number of rotatable bonds is 9. The number of hydrogen-bond donors (Lipinski definition) is 1. The molecule has 0 heterocycles. The number of likely N-dealkylation sites (N-methyl/N-ethyl adjacent to an activating group) is 1. The molecule has 1 rings (SSSR count). The molecule has 112 valence electrons. The molecule has 0 bridgehead atoms. The molecule has 5 heteroatoms. The van der Waals surface area contributed by atoms with E-state index >= 15 is 0 Å². The molecule has 0 saturated heterocycles. The van der Waals surface area contributed by atoms with Crippen LogP contribution in [0.25, 0.3) is 0 Å². The second-order valence-electron chi connectivity index (χ2n) is 4.56. The third kappa shape index (κ3) is 6.04. The standard InChI is InChI=1S/C15H24N2O3/c1-3-19-15(18)12-17(2)9-6-10-20-14-8-5-4-7-13(14)11-16/h4-5,7-8H,3,6,9-12,16H2,1-2H3. The normalized spacial score (nSPS) is 10.6. The number of carbonyl (C=O) groups excluding carboxylic acids is 1.